The number of rotatable bonds is 3. The molecule has 21 heavy (non-hydrogen) atoms. The summed E-state index contributed by atoms with van der Waals surface area (Å²) in [5.41, 5.74) is 0.801. The lowest BCUT2D eigenvalue weighted by atomic mass is 10.1. The third kappa shape index (κ3) is 3.06. The molecular formula is C15H16N2O3S. The quantitative estimate of drug-likeness (QED) is 0.932. The minimum atomic E-state index is -3.55. The fourth-order valence-electron chi connectivity index (χ4n) is 2.82. The van der Waals surface area contributed by atoms with Crippen LogP contribution in [0.3, 0.4) is 0 Å². The number of benzene rings is 2. The molecule has 5 nitrogen and oxygen atoms in total. The molecule has 1 amide bonds. The van der Waals surface area contributed by atoms with Crippen LogP contribution in [0.5, 0.6) is 0 Å². The molecule has 6 heteroatoms. The molecule has 1 fully saturated rings. The number of anilines is 1. The van der Waals surface area contributed by atoms with Gasteiger partial charge in [-0.25, -0.2) is 13.6 Å². The van der Waals surface area contributed by atoms with E-state index in [0.29, 0.717) is 6.54 Å². The number of nitrogens with zero attached hydrogens (tertiary/aromatic N) is 1. The Morgan fingerprint density at radius 2 is 1.86 bits per heavy atom. The van der Waals surface area contributed by atoms with Crippen molar-refractivity contribution in [3.8, 4) is 0 Å². The molecule has 0 aromatic heterocycles. The predicted octanol–water partition coefficient (Wildman–Crippen LogP) is 1.48. The molecular weight excluding hydrogens is 288 g/mol. The van der Waals surface area contributed by atoms with Gasteiger partial charge < -0.3 is 4.90 Å². The van der Waals surface area contributed by atoms with Crippen molar-refractivity contribution in [2.45, 2.75) is 6.42 Å². The number of nitrogens with two attached hydrogens (primary N) is 1. The van der Waals surface area contributed by atoms with Crippen molar-refractivity contribution in [3.05, 3.63) is 42.5 Å². The second-order valence-corrected chi connectivity index (χ2v) is 7.09. The van der Waals surface area contributed by atoms with Crippen LogP contribution in [0.25, 0.3) is 10.8 Å². The molecule has 0 bridgehead atoms. The van der Waals surface area contributed by atoms with E-state index in [0.717, 1.165) is 16.5 Å². The summed E-state index contributed by atoms with van der Waals surface area (Å²) < 4.78 is 22.3. The van der Waals surface area contributed by atoms with Crippen LogP contribution >= 0.6 is 0 Å². The number of hydrogen-bond acceptors (Lipinski definition) is 3. The normalized spacial score (nSPS) is 19.4. The van der Waals surface area contributed by atoms with Crippen LogP contribution in [0, 0.1) is 5.92 Å². The van der Waals surface area contributed by atoms with E-state index in [4.69, 9.17) is 5.14 Å². The molecule has 1 heterocycles. The highest BCUT2D eigenvalue weighted by atomic mass is 32.2. The highest BCUT2D eigenvalue weighted by Crippen LogP contribution is 2.28. The van der Waals surface area contributed by atoms with Gasteiger partial charge in [0.2, 0.25) is 15.9 Å². The lowest BCUT2D eigenvalue weighted by Crippen LogP contribution is -2.27. The molecule has 3 rings (SSSR count). The minimum absolute atomic E-state index is 0.0565. The molecule has 110 valence electrons. The summed E-state index contributed by atoms with van der Waals surface area (Å²) in [6.07, 6.45) is 0.225. The Bertz CT molecular complexity index is 801. The largest absolute Gasteiger partial charge is 0.312 e. The summed E-state index contributed by atoms with van der Waals surface area (Å²) in [7, 11) is -3.55. The van der Waals surface area contributed by atoms with E-state index in [1.807, 2.05) is 42.5 Å². The van der Waals surface area contributed by atoms with Crippen LogP contribution < -0.4 is 10.0 Å². The van der Waals surface area contributed by atoms with Crippen molar-refractivity contribution >= 4 is 32.4 Å². The first-order valence-electron chi connectivity index (χ1n) is 6.72. The summed E-state index contributed by atoms with van der Waals surface area (Å²) >= 11 is 0. The number of carbonyl (C=O) groups excluding carboxylic acids is 1. The van der Waals surface area contributed by atoms with Gasteiger partial charge >= 0.3 is 0 Å². The molecule has 2 aromatic rings. The summed E-state index contributed by atoms with van der Waals surface area (Å²) in [6.45, 7) is 0.396. The van der Waals surface area contributed by atoms with E-state index in [1.165, 1.54) is 0 Å². The average molecular weight is 304 g/mol. The summed E-state index contributed by atoms with van der Waals surface area (Å²) in [5, 5.41) is 7.22. The molecule has 2 aromatic carbocycles. The maximum atomic E-state index is 12.1. The zero-order chi connectivity index (χ0) is 15.0. The predicted molar refractivity (Wildman–Crippen MR) is 82.4 cm³/mol. The van der Waals surface area contributed by atoms with Crippen LogP contribution in [-0.2, 0) is 14.8 Å². The van der Waals surface area contributed by atoms with E-state index in [9.17, 15) is 13.2 Å². The SMILES string of the molecule is NS(=O)(=O)CC1CC(=O)N(c2ccc3ccccc3c2)C1. The van der Waals surface area contributed by atoms with Gasteiger partial charge in [-0.1, -0.05) is 30.3 Å². The van der Waals surface area contributed by atoms with Crippen molar-refractivity contribution in [1.29, 1.82) is 0 Å². The Hall–Kier alpha value is -1.92. The van der Waals surface area contributed by atoms with Crippen LogP contribution in [0.2, 0.25) is 0 Å². The van der Waals surface area contributed by atoms with Crippen molar-refractivity contribution in [2.24, 2.45) is 11.1 Å². The summed E-state index contributed by atoms with van der Waals surface area (Å²) in [4.78, 5) is 13.7. The standard InChI is InChI=1S/C15H16N2O3S/c16-21(19,20)10-11-7-15(18)17(9-11)14-6-5-12-3-1-2-4-13(12)8-14/h1-6,8,11H,7,9-10H2,(H2,16,19,20). The number of amides is 1. The third-order valence-corrected chi connectivity index (χ3v) is 4.65. The lowest BCUT2D eigenvalue weighted by Gasteiger charge is -2.17. The monoisotopic (exact) mass is 304 g/mol. The maximum absolute atomic E-state index is 12.1. The van der Waals surface area contributed by atoms with Crippen LogP contribution in [0.15, 0.2) is 42.5 Å². The summed E-state index contributed by atoms with van der Waals surface area (Å²) in [5.74, 6) is -0.444. The van der Waals surface area contributed by atoms with Gasteiger partial charge in [0.25, 0.3) is 0 Å². The molecule has 1 aliphatic rings. The molecule has 0 radical (unpaired) electrons. The van der Waals surface area contributed by atoms with E-state index in [-0.39, 0.29) is 24.0 Å². The molecule has 2 N–H and O–H groups in total. The van der Waals surface area contributed by atoms with Crippen LogP contribution in [0.4, 0.5) is 5.69 Å². The number of carbonyl (C=O) groups is 1. The van der Waals surface area contributed by atoms with Gasteiger partial charge in [-0.2, -0.15) is 0 Å². The fourth-order valence-corrected chi connectivity index (χ4v) is 3.70. The van der Waals surface area contributed by atoms with Crippen molar-refractivity contribution in [1.82, 2.24) is 0 Å². The number of fused-ring (bicyclic) bond motifs is 1. The first kappa shape index (κ1) is 14.0. The Morgan fingerprint density at radius 3 is 2.57 bits per heavy atom. The first-order chi connectivity index (χ1) is 9.92. The Morgan fingerprint density at radius 1 is 1.14 bits per heavy atom. The number of sulfonamides is 1. The highest BCUT2D eigenvalue weighted by molar-refractivity contribution is 7.89. The Labute approximate surface area is 123 Å². The summed E-state index contributed by atoms with van der Waals surface area (Å²) in [6, 6.07) is 13.7. The second-order valence-electron chi connectivity index (χ2n) is 5.44. The number of hydrogen-bond donors (Lipinski definition) is 1. The Kier molecular flexibility index (Phi) is 3.43. The zero-order valence-corrected chi connectivity index (χ0v) is 12.2. The van der Waals surface area contributed by atoms with Gasteiger partial charge in [0.15, 0.2) is 0 Å². The third-order valence-electron chi connectivity index (χ3n) is 3.72. The smallest absolute Gasteiger partial charge is 0.227 e. The topological polar surface area (TPSA) is 80.5 Å². The first-order valence-corrected chi connectivity index (χ1v) is 8.43. The molecule has 0 saturated carbocycles. The van der Waals surface area contributed by atoms with E-state index in [1.54, 1.807) is 4.90 Å². The number of primary sulfonamides is 1. The molecule has 0 aliphatic carbocycles. The van der Waals surface area contributed by atoms with E-state index >= 15 is 0 Å². The molecule has 1 aliphatic heterocycles. The van der Waals surface area contributed by atoms with Crippen molar-refractivity contribution in [2.75, 3.05) is 17.2 Å². The lowest BCUT2D eigenvalue weighted by molar-refractivity contribution is -0.117. The molecule has 1 saturated heterocycles. The highest BCUT2D eigenvalue weighted by Gasteiger charge is 2.32. The average Bonchev–Trinajstić information content (AvgIpc) is 2.76. The van der Waals surface area contributed by atoms with Gasteiger partial charge in [-0.15, -0.1) is 0 Å². The van der Waals surface area contributed by atoms with Crippen LogP contribution in [0.1, 0.15) is 6.42 Å². The maximum Gasteiger partial charge on any atom is 0.227 e. The van der Waals surface area contributed by atoms with Crippen LogP contribution in [-0.4, -0.2) is 26.6 Å². The van der Waals surface area contributed by atoms with Gasteiger partial charge in [0.1, 0.15) is 0 Å². The van der Waals surface area contributed by atoms with Gasteiger partial charge in [-0.05, 0) is 22.9 Å². The van der Waals surface area contributed by atoms with Crippen molar-refractivity contribution < 1.29 is 13.2 Å². The van der Waals surface area contributed by atoms with E-state index in [2.05, 4.69) is 0 Å². The minimum Gasteiger partial charge on any atom is -0.312 e. The van der Waals surface area contributed by atoms with Crippen molar-refractivity contribution in [3.63, 3.8) is 0 Å². The fraction of sp³-hybridized carbons (Fsp3) is 0.267. The van der Waals surface area contributed by atoms with Gasteiger partial charge in [0.05, 0.1) is 5.75 Å². The van der Waals surface area contributed by atoms with E-state index < -0.39 is 10.0 Å². The Balaban J connectivity index is 1.87. The van der Waals surface area contributed by atoms with Gasteiger partial charge in [-0.3, -0.25) is 4.79 Å². The second kappa shape index (κ2) is 5.13. The molecule has 1 atom stereocenters. The van der Waals surface area contributed by atoms with Gasteiger partial charge in [0, 0.05) is 24.6 Å². The zero-order valence-electron chi connectivity index (χ0n) is 11.4. The molecule has 1 unspecified atom stereocenters. The molecule has 0 spiro atoms.